The van der Waals surface area contributed by atoms with Gasteiger partial charge in [-0.2, -0.15) is 18.3 Å². The van der Waals surface area contributed by atoms with Crippen molar-refractivity contribution in [2.24, 2.45) is 5.10 Å². The van der Waals surface area contributed by atoms with Crippen LogP contribution in [-0.2, 0) is 11.0 Å². The van der Waals surface area contributed by atoms with Crippen LogP contribution < -0.4 is 10.2 Å². The number of benzene rings is 1. The molecule has 0 radical (unpaired) electrons. The van der Waals surface area contributed by atoms with Crippen molar-refractivity contribution in [1.29, 1.82) is 0 Å². The minimum Gasteiger partial charge on any atom is -0.480 e. The summed E-state index contributed by atoms with van der Waals surface area (Å²) in [5.74, 6) is -0.446. The molecule has 2 aromatic rings. The average Bonchev–Trinajstić information content (AvgIpc) is 2.53. The van der Waals surface area contributed by atoms with Gasteiger partial charge in [0.15, 0.2) is 6.61 Å². The summed E-state index contributed by atoms with van der Waals surface area (Å²) in [4.78, 5) is 14.2. The summed E-state index contributed by atoms with van der Waals surface area (Å²) in [5.41, 5.74) is 2.40. The second-order valence-electron chi connectivity index (χ2n) is 4.80. The summed E-state index contributed by atoms with van der Waals surface area (Å²) >= 11 is 4.02. The van der Waals surface area contributed by atoms with E-state index in [0.29, 0.717) is 18.5 Å². The maximum atomic E-state index is 12.5. The molecule has 0 saturated heterocycles. The predicted molar refractivity (Wildman–Crippen MR) is 105 cm³/mol. The summed E-state index contributed by atoms with van der Waals surface area (Å²) in [5, 5.41) is 12.6. The van der Waals surface area contributed by atoms with Crippen molar-refractivity contribution >= 4 is 63.2 Å². The quantitative estimate of drug-likeness (QED) is 0.299. The fourth-order valence-corrected chi connectivity index (χ4v) is 3.85. The first-order chi connectivity index (χ1) is 12.2. The van der Waals surface area contributed by atoms with Crippen molar-refractivity contribution in [3.63, 3.8) is 0 Å². The molecule has 1 aromatic heterocycles. The van der Waals surface area contributed by atoms with Crippen LogP contribution in [0.2, 0.25) is 0 Å². The number of hydrogen-bond acceptors (Lipinski definition) is 5. The molecule has 0 saturated carbocycles. The number of aromatic nitrogens is 1. The molecule has 0 fully saturated rings. The smallest absolute Gasteiger partial charge is 0.417 e. The van der Waals surface area contributed by atoms with Crippen LogP contribution in [-0.4, -0.2) is 28.9 Å². The molecule has 0 atom stereocenters. The van der Waals surface area contributed by atoms with Gasteiger partial charge in [0, 0.05) is 6.20 Å². The van der Waals surface area contributed by atoms with Gasteiger partial charge in [-0.15, -0.1) is 0 Å². The highest BCUT2D eigenvalue weighted by Crippen LogP contribution is 2.29. The number of hydrazone groups is 1. The summed E-state index contributed by atoms with van der Waals surface area (Å²) in [7, 11) is 0. The highest BCUT2D eigenvalue weighted by Gasteiger charge is 2.30. The maximum absolute atomic E-state index is 12.5. The van der Waals surface area contributed by atoms with E-state index in [1.165, 1.54) is 12.3 Å². The van der Waals surface area contributed by atoms with Gasteiger partial charge in [0.25, 0.3) is 0 Å². The average molecular weight is 591 g/mol. The largest absolute Gasteiger partial charge is 0.480 e. The lowest BCUT2D eigenvalue weighted by Crippen LogP contribution is -2.11. The van der Waals surface area contributed by atoms with Crippen LogP contribution in [0.4, 0.5) is 19.0 Å². The zero-order valence-electron chi connectivity index (χ0n) is 12.7. The first kappa shape index (κ1) is 20.7. The zero-order valence-corrected chi connectivity index (χ0v) is 17.0. The van der Waals surface area contributed by atoms with Gasteiger partial charge in [-0.25, -0.2) is 9.78 Å². The van der Waals surface area contributed by atoms with Crippen LogP contribution in [0.25, 0.3) is 0 Å². The number of pyridine rings is 1. The van der Waals surface area contributed by atoms with E-state index in [-0.39, 0.29) is 5.82 Å². The van der Waals surface area contributed by atoms with Gasteiger partial charge in [0.1, 0.15) is 11.6 Å². The Labute approximate surface area is 173 Å². The Morgan fingerprint density at radius 2 is 1.96 bits per heavy atom. The Bertz CT molecular complexity index is 804. The summed E-state index contributed by atoms with van der Waals surface area (Å²) in [6, 6.07) is 5.54. The monoisotopic (exact) mass is 591 g/mol. The molecule has 0 spiro atoms. The van der Waals surface area contributed by atoms with Gasteiger partial charge in [0.05, 0.1) is 18.9 Å². The van der Waals surface area contributed by atoms with Gasteiger partial charge < -0.3 is 9.84 Å². The van der Waals surface area contributed by atoms with E-state index in [1.54, 1.807) is 12.1 Å². The second-order valence-corrected chi connectivity index (χ2v) is 7.12. The molecule has 0 unspecified atom stereocenters. The number of carboxylic acid groups (broad SMARTS) is 1. The van der Waals surface area contributed by atoms with Crippen molar-refractivity contribution in [2.45, 2.75) is 6.18 Å². The lowest BCUT2D eigenvalue weighted by atomic mass is 10.2. The Morgan fingerprint density at radius 1 is 1.31 bits per heavy atom. The zero-order chi connectivity index (χ0) is 19.3. The van der Waals surface area contributed by atoms with E-state index < -0.39 is 24.3 Å². The van der Waals surface area contributed by atoms with Crippen molar-refractivity contribution in [1.82, 2.24) is 4.98 Å². The lowest BCUT2D eigenvalue weighted by molar-refractivity contribution is -0.139. The van der Waals surface area contributed by atoms with Crippen molar-refractivity contribution in [2.75, 3.05) is 12.0 Å². The molecule has 11 heteroatoms. The van der Waals surface area contributed by atoms with Gasteiger partial charge in [-0.1, -0.05) is 0 Å². The second kappa shape index (κ2) is 8.83. The number of carboxylic acids is 1. The molecule has 6 nitrogen and oxygen atoms in total. The lowest BCUT2D eigenvalue weighted by Gasteiger charge is -2.09. The summed E-state index contributed by atoms with van der Waals surface area (Å²) in [6.45, 7) is -0.444. The molecule has 0 aliphatic heterocycles. The molecule has 0 aliphatic carbocycles. The number of ether oxygens (including phenoxy) is 1. The highest BCUT2D eigenvalue weighted by molar-refractivity contribution is 14.1. The number of rotatable bonds is 6. The number of nitrogens with zero attached hydrogens (tertiary/aromatic N) is 2. The van der Waals surface area contributed by atoms with Crippen LogP contribution >= 0.6 is 45.2 Å². The topological polar surface area (TPSA) is 83.8 Å². The summed E-state index contributed by atoms with van der Waals surface area (Å²) < 4.78 is 44.0. The molecule has 0 amide bonds. The van der Waals surface area contributed by atoms with Crippen LogP contribution in [0.3, 0.4) is 0 Å². The Hall–Kier alpha value is -1.64. The number of alkyl halides is 3. The molecule has 2 rings (SSSR count). The molecule has 1 aromatic carbocycles. The fourth-order valence-electron chi connectivity index (χ4n) is 1.73. The number of nitrogens with one attached hydrogen (secondary N) is 1. The van der Waals surface area contributed by atoms with Crippen molar-refractivity contribution in [3.8, 4) is 5.75 Å². The van der Waals surface area contributed by atoms with E-state index in [9.17, 15) is 18.0 Å². The minimum absolute atomic E-state index is 0.167. The normalized spacial score (nSPS) is 11.6. The number of aliphatic carboxylic acids is 1. The molecule has 0 bridgehead atoms. The standard InChI is InChI=1S/C15H10F3I2N3O3/c16-15(17,18)9-1-2-12(21-6-9)23-22-5-8-3-10(19)14(11(20)4-8)26-7-13(24)25/h1-6H,7H2,(H,21,23)(H,24,25)/b22-5-. The maximum Gasteiger partial charge on any atom is 0.417 e. The highest BCUT2D eigenvalue weighted by atomic mass is 127. The molecule has 0 aliphatic rings. The molecule has 2 N–H and O–H groups in total. The van der Waals surface area contributed by atoms with Crippen LogP contribution in [0.1, 0.15) is 11.1 Å². The van der Waals surface area contributed by atoms with Gasteiger partial charge in [-0.3, -0.25) is 5.43 Å². The first-order valence-corrected chi connectivity index (χ1v) is 8.98. The Morgan fingerprint density at radius 3 is 2.46 bits per heavy atom. The van der Waals surface area contributed by atoms with Gasteiger partial charge in [-0.05, 0) is 75.0 Å². The number of anilines is 1. The van der Waals surface area contributed by atoms with Crippen LogP contribution in [0, 0.1) is 7.14 Å². The van der Waals surface area contributed by atoms with Gasteiger partial charge >= 0.3 is 12.1 Å². The Balaban J connectivity index is 2.05. The molecular weight excluding hydrogens is 581 g/mol. The van der Waals surface area contributed by atoms with E-state index in [4.69, 9.17) is 9.84 Å². The number of carbonyl (C=O) groups is 1. The predicted octanol–water partition coefficient (Wildman–Crippen LogP) is 4.22. The Kier molecular flexibility index (Phi) is 7.02. The molecule has 26 heavy (non-hydrogen) atoms. The minimum atomic E-state index is -4.44. The first-order valence-electron chi connectivity index (χ1n) is 6.83. The fraction of sp³-hybridized carbons (Fsp3) is 0.133. The third-order valence-corrected chi connectivity index (χ3v) is 4.45. The van der Waals surface area contributed by atoms with E-state index >= 15 is 0 Å². The SMILES string of the molecule is O=C(O)COc1c(I)cc(/C=N\Nc2ccc(C(F)(F)F)cn2)cc1I. The summed E-state index contributed by atoms with van der Waals surface area (Å²) in [6.07, 6.45) is -2.25. The van der Waals surface area contributed by atoms with E-state index in [2.05, 4.69) is 15.5 Å². The van der Waals surface area contributed by atoms with Crippen LogP contribution in [0.5, 0.6) is 5.75 Å². The third-order valence-electron chi connectivity index (χ3n) is 2.84. The molecular formula is C15H10F3I2N3O3. The van der Waals surface area contributed by atoms with Crippen molar-refractivity contribution in [3.05, 3.63) is 48.7 Å². The third kappa shape index (κ3) is 5.96. The van der Waals surface area contributed by atoms with Crippen molar-refractivity contribution < 1.29 is 27.8 Å². The van der Waals surface area contributed by atoms with E-state index in [1.807, 2.05) is 45.2 Å². The molecule has 138 valence electrons. The number of hydrogen-bond donors (Lipinski definition) is 2. The van der Waals surface area contributed by atoms with Crippen LogP contribution in [0.15, 0.2) is 35.6 Å². The molecule has 1 heterocycles. The number of halogens is 5. The van der Waals surface area contributed by atoms with E-state index in [0.717, 1.165) is 12.3 Å². The van der Waals surface area contributed by atoms with Gasteiger partial charge in [0.2, 0.25) is 0 Å².